The predicted octanol–water partition coefficient (Wildman–Crippen LogP) is 2.13. The van der Waals surface area contributed by atoms with Crippen LogP contribution in [0, 0.1) is 0 Å². The summed E-state index contributed by atoms with van der Waals surface area (Å²) >= 11 is 0. The lowest BCUT2D eigenvalue weighted by molar-refractivity contribution is -0.115. The monoisotopic (exact) mass is 264 g/mol. The SMILES string of the molecule is CC(C)NCC(=O)Nc1ccc2c(c1)OC(C)(C)O2. The summed E-state index contributed by atoms with van der Waals surface area (Å²) < 4.78 is 11.2. The first-order chi connectivity index (χ1) is 8.85. The molecule has 104 valence electrons. The number of rotatable bonds is 4. The number of hydrogen-bond donors (Lipinski definition) is 2. The molecule has 0 saturated carbocycles. The summed E-state index contributed by atoms with van der Waals surface area (Å²) in [5.41, 5.74) is 0.704. The summed E-state index contributed by atoms with van der Waals surface area (Å²) in [6.45, 7) is 7.97. The normalized spacial score (nSPS) is 15.6. The Balaban J connectivity index is 1.98. The molecule has 1 amide bonds. The van der Waals surface area contributed by atoms with Gasteiger partial charge < -0.3 is 20.1 Å². The second-order valence-electron chi connectivity index (χ2n) is 5.35. The van der Waals surface area contributed by atoms with Crippen LogP contribution in [0.1, 0.15) is 27.7 Å². The highest BCUT2D eigenvalue weighted by Gasteiger charge is 2.31. The van der Waals surface area contributed by atoms with Crippen LogP contribution >= 0.6 is 0 Å². The Kier molecular flexibility index (Phi) is 3.66. The van der Waals surface area contributed by atoms with Gasteiger partial charge in [-0.15, -0.1) is 0 Å². The highest BCUT2D eigenvalue weighted by Crippen LogP contribution is 2.40. The van der Waals surface area contributed by atoms with E-state index in [1.54, 1.807) is 18.2 Å². The molecule has 0 bridgehead atoms. The maximum Gasteiger partial charge on any atom is 0.246 e. The van der Waals surface area contributed by atoms with Gasteiger partial charge in [0.2, 0.25) is 11.7 Å². The molecular formula is C14H20N2O3. The lowest BCUT2D eigenvalue weighted by Crippen LogP contribution is -2.32. The van der Waals surface area contributed by atoms with Gasteiger partial charge in [0.25, 0.3) is 0 Å². The molecule has 0 saturated heterocycles. The average Bonchev–Trinajstić information content (AvgIpc) is 2.59. The number of hydrogen-bond acceptors (Lipinski definition) is 4. The van der Waals surface area contributed by atoms with Crippen molar-refractivity contribution in [3.05, 3.63) is 18.2 Å². The molecule has 1 aromatic carbocycles. The fourth-order valence-corrected chi connectivity index (χ4v) is 1.80. The number of carbonyl (C=O) groups excluding carboxylic acids is 1. The van der Waals surface area contributed by atoms with Crippen LogP contribution in [-0.2, 0) is 4.79 Å². The minimum absolute atomic E-state index is 0.0770. The van der Waals surface area contributed by atoms with Crippen LogP contribution in [0.3, 0.4) is 0 Å². The molecule has 2 rings (SSSR count). The van der Waals surface area contributed by atoms with Gasteiger partial charge in [-0.2, -0.15) is 0 Å². The van der Waals surface area contributed by atoms with Gasteiger partial charge in [-0.25, -0.2) is 0 Å². The minimum atomic E-state index is -0.649. The molecule has 0 atom stereocenters. The molecule has 2 N–H and O–H groups in total. The first-order valence-corrected chi connectivity index (χ1v) is 6.41. The molecule has 1 aliphatic rings. The van der Waals surface area contributed by atoms with E-state index in [1.165, 1.54) is 0 Å². The van der Waals surface area contributed by atoms with Crippen LogP contribution in [0.2, 0.25) is 0 Å². The van der Waals surface area contributed by atoms with Gasteiger partial charge >= 0.3 is 0 Å². The van der Waals surface area contributed by atoms with Crippen molar-refractivity contribution >= 4 is 11.6 Å². The summed E-state index contributed by atoms with van der Waals surface area (Å²) in [5, 5.41) is 5.88. The number of nitrogens with one attached hydrogen (secondary N) is 2. The van der Waals surface area contributed by atoms with Gasteiger partial charge in [0, 0.05) is 31.6 Å². The lowest BCUT2D eigenvalue weighted by Gasteiger charge is -2.16. The zero-order chi connectivity index (χ0) is 14.0. The smallest absolute Gasteiger partial charge is 0.246 e. The van der Waals surface area contributed by atoms with E-state index in [0.717, 1.165) is 0 Å². The molecule has 5 nitrogen and oxygen atoms in total. The topological polar surface area (TPSA) is 59.6 Å². The highest BCUT2D eigenvalue weighted by molar-refractivity contribution is 5.92. The van der Waals surface area contributed by atoms with Crippen molar-refractivity contribution < 1.29 is 14.3 Å². The van der Waals surface area contributed by atoms with Crippen LogP contribution in [0.15, 0.2) is 18.2 Å². The van der Waals surface area contributed by atoms with Crippen molar-refractivity contribution in [2.75, 3.05) is 11.9 Å². The fourth-order valence-electron chi connectivity index (χ4n) is 1.80. The first kappa shape index (κ1) is 13.7. The van der Waals surface area contributed by atoms with Gasteiger partial charge in [-0.1, -0.05) is 13.8 Å². The summed E-state index contributed by atoms with van der Waals surface area (Å²) in [6.07, 6.45) is 0. The number of fused-ring (bicyclic) bond motifs is 1. The van der Waals surface area contributed by atoms with Gasteiger partial charge in [0.15, 0.2) is 11.5 Å². The Labute approximate surface area is 113 Å². The van der Waals surface area contributed by atoms with E-state index in [2.05, 4.69) is 10.6 Å². The standard InChI is InChI=1S/C14H20N2O3/c1-9(2)15-8-13(17)16-10-5-6-11-12(7-10)19-14(3,4)18-11/h5-7,9,15H,8H2,1-4H3,(H,16,17). The third-order valence-corrected chi connectivity index (χ3v) is 2.61. The summed E-state index contributed by atoms with van der Waals surface area (Å²) in [5.74, 6) is 0.624. The van der Waals surface area contributed by atoms with Crippen LogP contribution in [0.4, 0.5) is 5.69 Å². The zero-order valence-corrected chi connectivity index (χ0v) is 11.7. The quantitative estimate of drug-likeness (QED) is 0.874. The molecule has 0 aliphatic carbocycles. The van der Waals surface area contributed by atoms with E-state index in [4.69, 9.17) is 9.47 Å². The van der Waals surface area contributed by atoms with Crippen molar-refractivity contribution in [2.24, 2.45) is 0 Å². The van der Waals surface area contributed by atoms with Crippen LogP contribution in [0.5, 0.6) is 11.5 Å². The maximum absolute atomic E-state index is 11.7. The molecule has 1 aliphatic heterocycles. The lowest BCUT2D eigenvalue weighted by atomic mass is 10.2. The minimum Gasteiger partial charge on any atom is -0.449 e. The predicted molar refractivity (Wildman–Crippen MR) is 73.5 cm³/mol. The number of amides is 1. The van der Waals surface area contributed by atoms with Crippen molar-refractivity contribution in [2.45, 2.75) is 39.5 Å². The largest absolute Gasteiger partial charge is 0.449 e. The molecule has 0 fully saturated rings. The first-order valence-electron chi connectivity index (χ1n) is 6.41. The summed E-state index contributed by atoms with van der Waals surface area (Å²) in [6, 6.07) is 5.66. The zero-order valence-electron chi connectivity index (χ0n) is 11.7. The number of benzene rings is 1. The summed E-state index contributed by atoms with van der Waals surface area (Å²) in [4.78, 5) is 11.7. The third kappa shape index (κ3) is 3.61. The Morgan fingerprint density at radius 3 is 2.63 bits per heavy atom. The number of carbonyl (C=O) groups is 1. The molecular weight excluding hydrogens is 244 g/mol. The molecule has 0 radical (unpaired) electrons. The molecule has 5 heteroatoms. The van der Waals surface area contributed by atoms with E-state index < -0.39 is 5.79 Å². The Hall–Kier alpha value is -1.75. The molecule has 1 heterocycles. The highest BCUT2D eigenvalue weighted by atomic mass is 16.7. The van der Waals surface area contributed by atoms with Crippen molar-refractivity contribution in [3.8, 4) is 11.5 Å². The van der Waals surface area contributed by atoms with E-state index in [1.807, 2.05) is 27.7 Å². The van der Waals surface area contributed by atoms with Crippen LogP contribution < -0.4 is 20.1 Å². The van der Waals surface area contributed by atoms with Gasteiger partial charge in [0.1, 0.15) is 0 Å². The second-order valence-corrected chi connectivity index (χ2v) is 5.35. The third-order valence-electron chi connectivity index (χ3n) is 2.61. The maximum atomic E-state index is 11.7. The van der Waals surface area contributed by atoms with Gasteiger partial charge in [-0.3, -0.25) is 4.79 Å². The number of anilines is 1. The summed E-state index contributed by atoms with van der Waals surface area (Å²) in [7, 11) is 0. The molecule has 1 aromatic rings. The Morgan fingerprint density at radius 1 is 1.26 bits per heavy atom. The van der Waals surface area contributed by atoms with Gasteiger partial charge in [0.05, 0.1) is 6.54 Å². The second kappa shape index (κ2) is 5.09. The van der Waals surface area contributed by atoms with Gasteiger partial charge in [-0.05, 0) is 12.1 Å². The average molecular weight is 264 g/mol. The molecule has 0 spiro atoms. The molecule has 0 aromatic heterocycles. The molecule has 0 unspecified atom stereocenters. The van der Waals surface area contributed by atoms with E-state index in [9.17, 15) is 4.79 Å². The van der Waals surface area contributed by atoms with E-state index in [-0.39, 0.29) is 18.5 Å². The fraction of sp³-hybridized carbons (Fsp3) is 0.500. The Morgan fingerprint density at radius 2 is 1.95 bits per heavy atom. The van der Waals surface area contributed by atoms with Crippen molar-refractivity contribution in [1.82, 2.24) is 5.32 Å². The van der Waals surface area contributed by atoms with E-state index in [0.29, 0.717) is 17.2 Å². The van der Waals surface area contributed by atoms with Crippen LogP contribution in [0.25, 0.3) is 0 Å². The van der Waals surface area contributed by atoms with Crippen molar-refractivity contribution in [1.29, 1.82) is 0 Å². The molecule has 19 heavy (non-hydrogen) atoms. The Bertz CT molecular complexity index is 484. The van der Waals surface area contributed by atoms with E-state index >= 15 is 0 Å². The van der Waals surface area contributed by atoms with Crippen LogP contribution in [-0.4, -0.2) is 24.3 Å². The number of ether oxygens (including phenoxy) is 2. The van der Waals surface area contributed by atoms with Crippen molar-refractivity contribution in [3.63, 3.8) is 0 Å².